The van der Waals surface area contributed by atoms with Gasteiger partial charge < -0.3 is 14.2 Å². The van der Waals surface area contributed by atoms with Gasteiger partial charge >= 0.3 is 0 Å². The molecule has 0 saturated carbocycles. The van der Waals surface area contributed by atoms with Crippen LogP contribution >= 0.6 is 11.6 Å². The van der Waals surface area contributed by atoms with Gasteiger partial charge in [0.25, 0.3) is 0 Å². The molecule has 131 heavy (non-hydrogen) atoms. The van der Waals surface area contributed by atoms with E-state index in [0.717, 1.165) is 35.0 Å². The van der Waals surface area contributed by atoms with Crippen LogP contribution in [0.5, 0.6) is 17.2 Å². The maximum absolute atomic E-state index is 13.4. The third kappa shape index (κ3) is 53.9. The Hall–Kier alpha value is -8.46. The third-order valence-electron chi connectivity index (χ3n) is 21.1. The summed E-state index contributed by atoms with van der Waals surface area (Å²) >= 11 is 6.03. The average molecular weight is 1820 g/mol. The topological polar surface area (TPSA) is 27.7 Å². The Morgan fingerprint density at radius 1 is 0.282 bits per heavy atom. The SMILES string of the molecule is CC(C)(C)CCc1ccccc1.CC(C)(C)c1ccc(C(C)(C)C)cc1.CC(C)(C)c1ccccc1F.Cc1cc(F)c(C(C)(C)C)c(F)c1.Cc1ccc(C(C)(C)C)c(F)c1F.Cc1ccc(CCC(C)(C)C)cc1.Cc1ccc(OCC(C)(C)C)c(C)c1.Cc1ccc(OCC(C)(C)C)c(Cl)c1.Cc1cccc(CCC(C)(C)C)c1.Cc1cccc(OC(C)C(C)(C)C)c1. The van der Waals surface area contributed by atoms with Crippen molar-refractivity contribution in [3.05, 3.63) is 335 Å². The van der Waals surface area contributed by atoms with Crippen LogP contribution < -0.4 is 14.2 Å². The predicted molar refractivity (Wildman–Crippen MR) is 563 cm³/mol. The van der Waals surface area contributed by atoms with E-state index in [1.165, 1.54) is 112 Å². The van der Waals surface area contributed by atoms with Gasteiger partial charge in [-0.3, -0.25) is 0 Å². The summed E-state index contributed by atoms with van der Waals surface area (Å²) in [5.74, 6) is 0.278. The third-order valence-corrected chi connectivity index (χ3v) is 21.4. The molecule has 0 aliphatic rings. The van der Waals surface area contributed by atoms with Crippen LogP contribution in [-0.4, -0.2) is 19.3 Å². The summed E-state index contributed by atoms with van der Waals surface area (Å²) in [6, 6.07) is 70.6. The smallest absolute Gasteiger partial charge is 0.162 e. The van der Waals surface area contributed by atoms with Crippen molar-refractivity contribution in [3.8, 4) is 17.2 Å². The van der Waals surface area contributed by atoms with Crippen molar-refractivity contribution in [2.45, 2.75) is 363 Å². The van der Waals surface area contributed by atoms with E-state index in [9.17, 15) is 22.0 Å². The molecule has 1 unspecified atom stereocenters. The monoisotopic (exact) mass is 1820 g/mol. The summed E-state index contributed by atoms with van der Waals surface area (Å²) in [7, 11) is 0. The molecule has 0 aliphatic carbocycles. The molecule has 10 rings (SSSR count). The Morgan fingerprint density at radius 3 is 1.05 bits per heavy atom. The Balaban J connectivity index is 0.000000728. The highest BCUT2D eigenvalue weighted by atomic mass is 35.5. The molecule has 10 aromatic carbocycles. The van der Waals surface area contributed by atoms with Crippen molar-refractivity contribution in [1.29, 1.82) is 0 Å². The molecule has 0 spiro atoms. The highest BCUT2D eigenvalue weighted by molar-refractivity contribution is 6.32. The Morgan fingerprint density at radius 2 is 0.664 bits per heavy atom. The van der Waals surface area contributed by atoms with Crippen molar-refractivity contribution < 1.29 is 36.2 Å². The van der Waals surface area contributed by atoms with Crippen molar-refractivity contribution in [2.75, 3.05) is 13.2 Å². The van der Waals surface area contributed by atoms with Gasteiger partial charge in [-0.2, -0.15) is 0 Å². The van der Waals surface area contributed by atoms with Crippen LogP contribution in [0.3, 0.4) is 0 Å². The minimum atomic E-state index is -0.729. The van der Waals surface area contributed by atoms with Gasteiger partial charge in [0.1, 0.15) is 40.8 Å². The lowest BCUT2D eigenvalue weighted by atomic mass is 9.82. The molecule has 0 N–H and O–H groups in total. The van der Waals surface area contributed by atoms with E-state index in [1.807, 2.05) is 90.9 Å². The van der Waals surface area contributed by atoms with E-state index in [-0.39, 0.29) is 55.4 Å². The fourth-order valence-corrected chi connectivity index (χ4v) is 12.6. The molecule has 1 atom stereocenters. The second-order valence-electron chi connectivity index (χ2n) is 48.0. The number of benzene rings is 10. The number of halogens is 6. The molecular formula is C122H178ClF5O3. The van der Waals surface area contributed by atoms with Crippen molar-refractivity contribution in [1.82, 2.24) is 0 Å². The maximum atomic E-state index is 13.4. The molecule has 0 amide bonds. The summed E-state index contributed by atoms with van der Waals surface area (Å²) in [6.45, 7) is 90.0. The summed E-state index contributed by atoms with van der Waals surface area (Å²) in [5.41, 5.74) is 18.6. The van der Waals surface area contributed by atoms with Gasteiger partial charge in [-0.05, 0) is 276 Å². The molecule has 0 heterocycles. The highest BCUT2D eigenvalue weighted by Gasteiger charge is 2.26. The van der Waals surface area contributed by atoms with Gasteiger partial charge in [0.2, 0.25) is 0 Å². The predicted octanol–water partition coefficient (Wildman–Crippen LogP) is 37.8. The van der Waals surface area contributed by atoms with Crippen LogP contribution in [-0.2, 0) is 46.3 Å². The zero-order valence-corrected chi connectivity index (χ0v) is 90.7. The van der Waals surface area contributed by atoms with Gasteiger partial charge in [-0.1, -0.05) is 421 Å². The molecule has 3 nitrogen and oxygen atoms in total. The average Bonchev–Trinajstić information content (AvgIpc) is 0.814. The lowest BCUT2D eigenvalue weighted by Gasteiger charge is -2.28. The van der Waals surface area contributed by atoms with Crippen LogP contribution in [0.2, 0.25) is 5.02 Å². The lowest BCUT2D eigenvalue weighted by Crippen LogP contribution is -2.28. The van der Waals surface area contributed by atoms with Gasteiger partial charge in [-0.15, -0.1) is 0 Å². The van der Waals surface area contributed by atoms with Crippen molar-refractivity contribution in [2.24, 2.45) is 32.5 Å². The van der Waals surface area contributed by atoms with Crippen LogP contribution in [0.1, 0.15) is 344 Å². The number of hydrogen-bond donors (Lipinski definition) is 0. The van der Waals surface area contributed by atoms with Crippen LogP contribution in [0, 0.1) is 117 Å². The second-order valence-corrected chi connectivity index (χ2v) is 48.4. The molecule has 0 aromatic heterocycles. The number of aryl methyl sites for hydroxylation is 11. The van der Waals surface area contributed by atoms with Crippen LogP contribution in [0.15, 0.2) is 212 Å². The molecule has 0 saturated heterocycles. The zero-order valence-electron chi connectivity index (χ0n) is 89.9. The Labute approximate surface area is 803 Å². The van der Waals surface area contributed by atoms with E-state index in [4.69, 9.17) is 25.8 Å². The Kier molecular flexibility index (Phi) is 49.3. The number of ether oxygens (including phenoxy) is 3. The largest absolute Gasteiger partial charge is 0.493 e. The first kappa shape index (κ1) is 121. The minimum absolute atomic E-state index is 0.0919. The molecular weight excluding hydrogens is 1640 g/mol. The quantitative estimate of drug-likeness (QED) is 0.114. The van der Waals surface area contributed by atoms with Crippen LogP contribution in [0.4, 0.5) is 22.0 Å². The normalized spacial score (nSPS) is 12.0. The van der Waals surface area contributed by atoms with E-state index in [2.05, 4.69) is 341 Å². The molecule has 0 bridgehead atoms. The Bertz CT molecular complexity index is 4790. The van der Waals surface area contributed by atoms with E-state index in [0.29, 0.717) is 44.6 Å². The summed E-state index contributed by atoms with van der Waals surface area (Å²) in [5, 5.41) is 0.689. The minimum Gasteiger partial charge on any atom is -0.493 e. The number of hydrogen-bond acceptors (Lipinski definition) is 3. The molecule has 9 heteroatoms. The van der Waals surface area contributed by atoms with E-state index < -0.39 is 28.7 Å². The summed E-state index contributed by atoms with van der Waals surface area (Å²) in [4.78, 5) is 0. The van der Waals surface area contributed by atoms with Crippen LogP contribution in [0.25, 0.3) is 0 Å². The van der Waals surface area contributed by atoms with Gasteiger partial charge in [0.15, 0.2) is 11.6 Å². The maximum Gasteiger partial charge on any atom is 0.162 e. The van der Waals surface area contributed by atoms with Gasteiger partial charge in [-0.25, -0.2) is 22.0 Å². The first-order valence-electron chi connectivity index (χ1n) is 47.3. The van der Waals surface area contributed by atoms with Gasteiger partial charge in [0, 0.05) is 5.56 Å². The number of rotatable bonds is 12. The van der Waals surface area contributed by atoms with Gasteiger partial charge in [0.05, 0.1) is 18.2 Å². The van der Waals surface area contributed by atoms with E-state index in [1.54, 1.807) is 52.8 Å². The summed E-state index contributed by atoms with van der Waals surface area (Å²) < 4.78 is 83.6. The molecule has 0 fully saturated rings. The first-order chi connectivity index (χ1) is 59.6. The molecule has 0 radical (unpaired) electrons. The van der Waals surface area contributed by atoms with Crippen molar-refractivity contribution in [3.63, 3.8) is 0 Å². The first-order valence-corrected chi connectivity index (χ1v) is 47.7. The summed E-state index contributed by atoms with van der Waals surface area (Å²) in [6.07, 6.45) is 7.60. The second kappa shape index (κ2) is 53.6. The molecule has 10 aromatic rings. The molecule has 0 aliphatic heterocycles. The van der Waals surface area contributed by atoms with Crippen molar-refractivity contribution >= 4 is 11.6 Å². The lowest BCUT2D eigenvalue weighted by molar-refractivity contribution is 0.103. The molecule has 726 valence electrons. The zero-order chi connectivity index (χ0) is 101. The van der Waals surface area contributed by atoms with E-state index >= 15 is 0 Å². The fourth-order valence-electron chi connectivity index (χ4n) is 12.3. The standard InChI is InChI=1S/C14H22.2C13H20O.2C13H20.C12H17ClO.C12H18.2C11H14F2.C10H13F/c1-13(2,3)11-7-9-12(10-8-11)14(4,5)6;1-10-6-7-12(11(2)8-10)14-9-13(3,4)5;1-10-7-6-8-12(9-10)14-11(2)13(3,4)5;1-11-5-7-12(8-6-11)9-10-13(2,3)4;1-11-6-5-7-12(10-11)8-9-13(2,3)4;1-9-5-6-11(10(13)7-9)14-8-12(2,3)4;1-12(2,3)10-9-11-7-5-4-6-8-11;1-7-5-8(12)10(9(13)6-7)11(2,3)4;1-7-5-6-8(11(2,3)4)10(13)9(7)12;1-10(2,3)8-6-4-5-7-9(8)11/h7-10H,1-6H3;6-8H,9H2,1-5H3;6-9,11H,1-5H3;5-8H,9-10H2,1-4H3;5-7,10H,8-9H2,1-4H3;5-7H,8H2,1-4H3;4-8H,9-10H2,1-3H3;2*5-6H,1-4H3;4-7H,1-3H3. The fraction of sp³-hybridized carbons (Fsp3) is 0.508. The highest BCUT2D eigenvalue weighted by Crippen LogP contribution is 2.35.